The van der Waals surface area contributed by atoms with Crippen molar-refractivity contribution in [3.8, 4) is 0 Å². The van der Waals surface area contributed by atoms with Crippen molar-refractivity contribution in [2.24, 2.45) is 46.8 Å². The third kappa shape index (κ3) is 0.785. The van der Waals surface area contributed by atoms with Gasteiger partial charge in [0.15, 0.2) is 0 Å². The maximum Gasteiger partial charge on any atom is 0.0160 e. The van der Waals surface area contributed by atoms with Gasteiger partial charge in [-0.2, -0.15) is 0 Å². The van der Waals surface area contributed by atoms with Gasteiger partial charge in [-0.05, 0) is 72.6 Å². The summed E-state index contributed by atoms with van der Waals surface area (Å²) in [5.74, 6) is 8.06. The molecule has 94 valence electrons. The van der Waals surface area contributed by atoms with E-state index in [0.717, 1.165) is 35.1 Å². The Balaban J connectivity index is 1.50. The Morgan fingerprint density at radius 1 is 1.12 bits per heavy atom. The predicted molar refractivity (Wildman–Crippen MR) is 68.5 cm³/mol. The van der Waals surface area contributed by atoms with Crippen LogP contribution in [-0.4, -0.2) is 12.6 Å². The molecule has 6 saturated carbocycles. The summed E-state index contributed by atoms with van der Waals surface area (Å²) >= 11 is 0. The molecule has 0 heterocycles. The molecule has 0 aliphatic heterocycles. The highest BCUT2D eigenvalue weighted by Crippen LogP contribution is 2.86. The maximum atomic E-state index is 4.00. The smallest absolute Gasteiger partial charge is 0.0160 e. The Kier molecular flexibility index (Phi) is 1.60. The highest BCUT2D eigenvalue weighted by Gasteiger charge is 2.84. The molecule has 0 saturated heterocycles. The van der Waals surface area contributed by atoms with Gasteiger partial charge in [-0.15, -0.1) is 0 Å². The molecule has 0 aromatic carbocycles. The highest BCUT2D eigenvalue weighted by atomic mass is 15.0. The van der Waals surface area contributed by atoms with Gasteiger partial charge in [0.05, 0.1) is 0 Å². The van der Waals surface area contributed by atoms with Crippen LogP contribution in [0.1, 0.15) is 39.5 Å². The molecule has 0 radical (unpaired) electrons. The maximum absolute atomic E-state index is 4.00. The number of hydrogen-bond acceptors (Lipinski definition) is 1. The lowest BCUT2D eigenvalue weighted by molar-refractivity contribution is 0.0653. The number of hydrogen-bond donors (Lipinski definition) is 1. The molecule has 0 spiro atoms. The van der Waals surface area contributed by atoms with Gasteiger partial charge < -0.3 is 5.32 Å². The largest absolute Gasteiger partial charge is 0.313 e. The Hall–Kier alpha value is -0.0400. The van der Waals surface area contributed by atoms with Crippen molar-refractivity contribution >= 4 is 0 Å². The Labute approximate surface area is 105 Å². The predicted octanol–water partition coefficient (Wildman–Crippen LogP) is 2.91. The van der Waals surface area contributed by atoms with E-state index in [4.69, 9.17) is 0 Å². The Bertz CT molecular complexity index is 378. The van der Waals surface area contributed by atoms with Crippen LogP contribution in [0.5, 0.6) is 0 Å². The molecule has 17 heavy (non-hydrogen) atoms. The first-order valence-electron chi connectivity index (χ1n) is 8.02. The first-order chi connectivity index (χ1) is 8.28. The quantitative estimate of drug-likeness (QED) is 0.734. The van der Waals surface area contributed by atoms with Crippen molar-refractivity contribution in [3.05, 3.63) is 0 Å². The van der Waals surface area contributed by atoms with Crippen LogP contribution in [0.4, 0.5) is 0 Å². The molecule has 1 heteroatoms. The molecule has 1 N–H and O–H groups in total. The van der Waals surface area contributed by atoms with Crippen molar-refractivity contribution in [1.82, 2.24) is 5.32 Å². The third-order valence-electron chi connectivity index (χ3n) is 7.91. The summed E-state index contributed by atoms with van der Waals surface area (Å²) in [6.45, 7) is 6.26. The van der Waals surface area contributed by atoms with Gasteiger partial charge in [-0.1, -0.05) is 20.3 Å². The average Bonchev–Trinajstić information content (AvgIpc) is 2.97. The first kappa shape index (κ1) is 9.83. The van der Waals surface area contributed by atoms with Crippen LogP contribution in [0, 0.1) is 46.8 Å². The van der Waals surface area contributed by atoms with Gasteiger partial charge in [0.1, 0.15) is 0 Å². The van der Waals surface area contributed by atoms with Crippen molar-refractivity contribution in [2.75, 3.05) is 6.54 Å². The molecule has 6 bridgehead atoms. The van der Waals surface area contributed by atoms with E-state index in [1.165, 1.54) is 37.1 Å². The molecule has 6 aliphatic carbocycles. The van der Waals surface area contributed by atoms with Gasteiger partial charge in [-0.25, -0.2) is 0 Å². The van der Waals surface area contributed by atoms with Crippen LogP contribution in [0.3, 0.4) is 0 Å². The minimum Gasteiger partial charge on any atom is -0.313 e. The number of nitrogens with one attached hydrogen (secondary N) is 1. The van der Waals surface area contributed by atoms with Crippen LogP contribution >= 0.6 is 0 Å². The lowest BCUT2D eigenvalue weighted by atomic mass is 9.64. The number of unbranched alkanes of at least 4 members (excludes halogenated alkanes) is 1. The van der Waals surface area contributed by atoms with E-state index in [9.17, 15) is 0 Å². The lowest BCUT2D eigenvalue weighted by Gasteiger charge is -2.40. The van der Waals surface area contributed by atoms with E-state index >= 15 is 0 Å². The zero-order valence-corrected chi connectivity index (χ0v) is 11.2. The topological polar surface area (TPSA) is 12.0 Å². The second kappa shape index (κ2) is 2.76. The van der Waals surface area contributed by atoms with Crippen molar-refractivity contribution < 1.29 is 0 Å². The summed E-state index contributed by atoms with van der Waals surface area (Å²) in [6.07, 6.45) is 5.96. The third-order valence-corrected chi connectivity index (χ3v) is 7.91. The van der Waals surface area contributed by atoms with E-state index in [2.05, 4.69) is 19.2 Å². The zero-order valence-electron chi connectivity index (χ0n) is 11.2. The van der Waals surface area contributed by atoms with Crippen LogP contribution < -0.4 is 5.32 Å². The standard InChI is InChI=1S/C16H25N/c1-3-4-5-17-15-13-10-6-8-9-7-11(12(8)13)16(15,2)14(9)10/h8-15,17H,3-7H2,1-2H3/t8-,9?,10+,11+,12-,13-,14?,15+,16+/m0/s1. The van der Waals surface area contributed by atoms with Crippen LogP contribution in [0.25, 0.3) is 0 Å². The monoisotopic (exact) mass is 231 g/mol. The van der Waals surface area contributed by atoms with Crippen molar-refractivity contribution in [3.63, 3.8) is 0 Å². The number of rotatable bonds is 4. The van der Waals surface area contributed by atoms with Crippen LogP contribution in [-0.2, 0) is 0 Å². The van der Waals surface area contributed by atoms with E-state index in [1.807, 2.05) is 0 Å². The molecule has 9 atom stereocenters. The minimum atomic E-state index is 0.728. The summed E-state index contributed by atoms with van der Waals surface area (Å²) in [7, 11) is 0. The minimum absolute atomic E-state index is 0.728. The SMILES string of the molecule is CCCCN[C@@H]1[C@@H]2[C@@H]3[C@H]4CC5C([C@@H]2C[C@@H]53)[C@@]41C. The molecule has 2 unspecified atom stereocenters. The normalized spacial score (nSPS) is 68.1. The fraction of sp³-hybridized carbons (Fsp3) is 1.00. The van der Waals surface area contributed by atoms with Gasteiger partial charge >= 0.3 is 0 Å². The fourth-order valence-corrected chi connectivity index (χ4v) is 7.92. The first-order valence-corrected chi connectivity index (χ1v) is 8.02. The molecule has 0 aromatic rings. The zero-order chi connectivity index (χ0) is 11.4. The molecule has 6 rings (SSSR count). The van der Waals surface area contributed by atoms with E-state index < -0.39 is 0 Å². The van der Waals surface area contributed by atoms with Crippen LogP contribution in [0.2, 0.25) is 0 Å². The van der Waals surface area contributed by atoms with Crippen molar-refractivity contribution in [1.29, 1.82) is 0 Å². The fourth-order valence-electron chi connectivity index (χ4n) is 7.92. The molecule has 1 nitrogen and oxygen atoms in total. The lowest BCUT2D eigenvalue weighted by Crippen LogP contribution is -2.43. The average molecular weight is 231 g/mol. The van der Waals surface area contributed by atoms with E-state index in [1.54, 1.807) is 12.8 Å². The molecular weight excluding hydrogens is 206 g/mol. The molecule has 6 aliphatic rings. The summed E-state index contributed by atoms with van der Waals surface area (Å²) in [5.41, 5.74) is 0.728. The highest BCUT2D eigenvalue weighted by molar-refractivity contribution is 5.33. The van der Waals surface area contributed by atoms with Gasteiger partial charge in [0.25, 0.3) is 0 Å². The molecule has 6 fully saturated rings. The van der Waals surface area contributed by atoms with Crippen molar-refractivity contribution in [2.45, 2.75) is 45.6 Å². The van der Waals surface area contributed by atoms with Crippen LogP contribution in [0.15, 0.2) is 0 Å². The second-order valence-corrected chi connectivity index (χ2v) is 7.90. The Morgan fingerprint density at radius 3 is 2.76 bits per heavy atom. The summed E-state index contributed by atoms with van der Waals surface area (Å²) in [6, 6.07) is 0.913. The molecule has 0 amide bonds. The second-order valence-electron chi connectivity index (χ2n) is 7.90. The van der Waals surface area contributed by atoms with Gasteiger partial charge in [-0.3, -0.25) is 0 Å². The van der Waals surface area contributed by atoms with E-state index in [0.29, 0.717) is 0 Å². The van der Waals surface area contributed by atoms with Gasteiger partial charge in [0, 0.05) is 6.04 Å². The summed E-state index contributed by atoms with van der Waals surface area (Å²) < 4.78 is 0. The molecular formula is C16H25N. The molecule has 0 aromatic heterocycles. The Morgan fingerprint density at radius 2 is 2.00 bits per heavy atom. The van der Waals surface area contributed by atoms with E-state index in [-0.39, 0.29) is 0 Å². The van der Waals surface area contributed by atoms with Gasteiger partial charge in [0.2, 0.25) is 0 Å². The summed E-state index contributed by atoms with van der Waals surface area (Å²) in [4.78, 5) is 0. The summed E-state index contributed by atoms with van der Waals surface area (Å²) in [5, 5.41) is 4.00.